The second-order valence-electron chi connectivity index (χ2n) is 5.12. The van der Waals surface area contributed by atoms with Crippen LogP contribution >= 0.6 is 0 Å². The van der Waals surface area contributed by atoms with Crippen LogP contribution in [0.3, 0.4) is 0 Å². The number of fused-ring (bicyclic) bond motifs is 1. The van der Waals surface area contributed by atoms with Crippen LogP contribution in [-0.2, 0) is 4.74 Å². The van der Waals surface area contributed by atoms with Gasteiger partial charge in [-0.15, -0.1) is 0 Å². The predicted octanol–water partition coefficient (Wildman–Crippen LogP) is 2.34. The van der Waals surface area contributed by atoms with E-state index in [0.29, 0.717) is 22.6 Å². The Morgan fingerprint density at radius 1 is 1.39 bits per heavy atom. The summed E-state index contributed by atoms with van der Waals surface area (Å²) in [5.41, 5.74) is 8.38. The number of hydrogen-bond donors (Lipinski definition) is 1. The maximum Gasteiger partial charge on any atom is 0.355 e. The first kappa shape index (κ1) is 15.1. The molecule has 0 spiro atoms. The van der Waals surface area contributed by atoms with Gasteiger partial charge in [-0.1, -0.05) is 6.07 Å². The van der Waals surface area contributed by atoms with Crippen LogP contribution in [0.1, 0.15) is 29.1 Å². The number of methoxy groups -OCH3 is 1. The molecule has 0 fully saturated rings. The minimum absolute atomic E-state index is 0.281. The Morgan fingerprint density at radius 3 is 2.83 bits per heavy atom. The molecule has 118 valence electrons. The third-order valence-corrected chi connectivity index (χ3v) is 3.47. The number of halogens is 1. The highest BCUT2D eigenvalue weighted by atomic mass is 19.1. The molecular weight excluding hydrogens is 299 g/mol. The summed E-state index contributed by atoms with van der Waals surface area (Å²) < 4.78 is 20.0. The lowest BCUT2D eigenvalue weighted by Crippen LogP contribution is -2.10. The molecule has 0 aliphatic rings. The van der Waals surface area contributed by atoms with Crippen LogP contribution in [0.25, 0.3) is 16.9 Å². The van der Waals surface area contributed by atoms with E-state index in [4.69, 9.17) is 10.5 Å². The van der Waals surface area contributed by atoms with Crippen LogP contribution < -0.4 is 5.73 Å². The van der Waals surface area contributed by atoms with Gasteiger partial charge in [0.2, 0.25) is 0 Å². The van der Waals surface area contributed by atoms with E-state index in [-0.39, 0.29) is 5.69 Å². The number of imidazole rings is 1. The van der Waals surface area contributed by atoms with Gasteiger partial charge in [0.05, 0.1) is 24.7 Å². The monoisotopic (exact) mass is 314 g/mol. The van der Waals surface area contributed by atoms with Crippen molar-refractivity contribution in [3.05, 3.63) is 53.9 Å². The average Bonchev–Trinajstić information content (AvgIpc) is 2.93. The van der Waals surface area contributed by atoms with Crippen LogP contribution in [0.15, 0.2) is 36.7 Å². The molecule has 23 heavy (non-hydrogen) atoms. The Labute approximate surface area is 131 Å². The number of ether oxygens (including phenoxy) is 1. The van der Waals surface area contributed by atoms with Crippen molar-refractivity contribution < 1.29 is 13.9 Å². The summed E-state index contributed by atoms with van der Waals surface area (Å²) in [6, 6.07) is 5.98. The Kier molecular flexibility index (Phi) is 3.79. The highest BCUT2D eigenvalue weighted by Gasteiger charge is 2.22. The van der Waals surface area contributed by atoms with Crippen LogP contribution in [0.4, 0.5) is 4.39 Å². The van der Waals surface area contributed by atoms with Gasteiger partial charge < -0.3 is 10.5 Å². The number of rotatable bonds is 3. The number of esters is 1. The van der Waals surface area contributed by atoms with Crippen molar-refractivity contribution in [2.45, 2.75) is 13.0 Å². The third-order valence-electron chi connectivity index (χ3n) is 3.47. The summed E-state index contributed by atoms with van der Waals surface area (Å²) in [6.07, 6.45) is 2.62. The molecule has 0 saturated heterocycles. The van der Waals surface area contributed by atoms with Crippen molar-refractivity contribution in [3.63, 3.8) is 0 Å². The molecule has 0 aliphatic heterocycles. The van der Waals surface area contributed by atoms with Gasteiger partial charge in [-0.3, -0.25) is 9.38 Å². The molecule has 0 bridgehead atoms. The first-order valence-electron chi connectivity index (χ1n) is 6.99. The molecule has 2 N–H and O–H groups in total. The fraction of sp³-hybridized carbons (Fsp3) is 0.188. The standard InChI is InChI=1S/C16H15FN4O2/c1-9(18)14-15(10-6-11(17)8-19-7-10)21-12(16(22)23-2)4-3-5-13(21)20-14/h3-9H,18H2,1-2H3/t9-/m0/s1. The van der Waals surface area contributed by atoms with E-state index in [0.717, 1.165) is 6.20 Å². The largest absolute Gasteiger partial charge is 0.464 e. The van der Waals surface area contributed by atoms with E-state index in [9.17, 15) is 9.18 Å². The van der Waals surface area contributed by atoms with E-state index in [1.54, 1.807) is 29.5 Å². The number of carbonyl (C=O) groups excluding carboxylic acids is 1. The van der Waals surface area contributed by atoms with Gasteiger partial charge in [0.1, 0.15) is 17.2 Å². The maximum absolute atomic E-state index is 13.6. The van der Waals surface area contributed by atoms with Gasteiger partial charge in [-0.25, -0.2) is 14.2 Å². The van der Waals surface area contributed by atoms with Gasteiger partial charge in [0.25, 0.3) is 0 Å². The van der Waals surface area contributed by atoms with E-state index in [1.165, 1.54) is 19.4 Å². The van der Waals surface area contributed by atoms with Crippen LogP contribution in [-0.4, -0.2) is 27.4 Å². The lowest BCUT2D eigenvalue weighted by Gasteiger charge is -2.10. The van der Waals surface area contributed by atoms with Gasteiger partial charge >= 0.3 is 5.97 Å². The van der Waals surface area contributed by atoms with Crippen molar-refractivity contribution in [1.29, 1.82) is 0 Å². The molecule has 0 aliphatic carbocycles. The van der Waals surface area contributed by atoms with Crippen molar-refractivity contribution in [2.75, 3.05) is 7.11 Å². The predicted molar refractivity (Wildman–Crippen MR) is 82.3 cm³/mol. The molecule has 6 nitrogen and oxygen atoms in total. The number of nitrogens with zero attached hydrogens (tertiary/aromatic N) is 3. The summed E-state index contributed by atoms with van der Waals surface area (Å²) in [7, 11) is 1.30. The summed E-state index contributed by atoms with van der Waals surface area (Å²) in [4.78, 5) is 20.4. The third kappa shape index (κ3) is 2.55. The molecule has 0 amide bonds. The van der Waals surface area contributed by atoms with Gasteiger partial charge in [-0.05, 0) is 25.1 Å². The SMILES string of the molecule is COC(=O)c1cccc2nc([C@H](C)N)c(-c3cncc(F)c3)n12. The van der Waals surface area contributed by atoms with Crippen molar-refractivity contribution in [1.82, 2.24) is 14.4 Å². The van der Waals surface area contributed by atoms with Crippen molar-refractivity contribution in [3.8, 4) is 11.3 Å². The molecular formula is C16H15FN4O2. The quantitative estimate of drug-likeness (QED) is 0.750. The summed E-state index contributed by atoms with van der Waals surface area (Å²) in [6.45, 7) is 1.77. The van der Waals surface area contributed by atoms with Gasteiger partial charge in [0.15, 0.2) is 0 Å². The topological polar surface area (TPSA) is 82.5 Å². The molecule has 1 atom stereocenters. The summed E-state index contributed by atoms with van der Waals surface area (Å²) in [5, 5.41) is 0. The molecule has 3 rings (SSSR count). The van der Waals surface area contributed by atoms with Crippen LogP contribution in [0.5, 0.6) is 0 Å². The van der Waals surface area contributed by atoms with Crippen LogP contribution in [0, 0.1) is 5.82 Å². The summed E-state index contributed by atoms with van der Waals surface area (Å²) in [5.74, 6) is -1.00. The number of aromatic nitrogens is 3. The fourth-order valence-electron chi connectivity index (χ4n) is 2.51. The minimum Gasteiger partial charge on any atom is -0.464 e. The van der Waals surface area contributed by atoms with E-state index in [1.807, 2.05) is 0 Å². The van der Waals surface area contributed by atoms with E-state index < -0.39 is 17.8 Å². The lowest BCUT2D eigenvalue weighted by molar-refractivity contribution is 0.0592. The Balaban J connectivity index is 2.41. The smallest absolute Gasteiger partial charge is 0.355 e. The minimum atomic E-state index is -0.519. The zero-order valence-corrected chi connectivity index (χ0v) is 12.7. The molecule has 3 aromatic rings. The first-order valence-corrected chi connectivity index (χ1v) is 6.99. The number of pyridine rings is 2. The van der Waals surface area contributed by atoms with Gasteiger partial charge in [0, 0.05) is 17.8 Å². The van der Waals surface area contributed by atoms with Crippen molar-refractivity contribution >= 4 is 11.6 Å². The average molecular weight is 314 g/mol. The number of hydrogen-bond acceptors (Lipinski definition) is 5. The zero-order valence-electron chi connectivity index (χ0n) is 12.7. The Morgan fingerprint density at radius 2 is 2.17 bits per heavy atom. The van der Waals surface area contributed by atoms with Gasteiger partial charge in [-0.2, -0.15) is 0 Å². The number of carbonyl (C=O) groups is 1. The lowest BCUT2D eigenvalue weighted by atomic mass is 10.1. The normalized spacial score (nSPS) is 12.3. The first-order chi connectivity index (χ1) is 11.0. The second kappa shape index (κ2) is 5.77. The highest BCUT2D eigenvalue weighted by Crippen LogP contribution is 2.29. The van der Waals surface area contributed by atoms with Crippen molar-refractivity contribution in [2.24, 2.45) is 5.73 Å². The number of nitrogens with two attached hydrogens (primary N) is 1. The highest BCUT2D eigenvalue weighted by molar-refractivity contribution is 5.89. The molecule has 0 unspecified atom stereocenters. The summed E-state index contributed by atoms with van der Waals surface area (Å²) >= 11 is 0. The molecule has 3 aromatic heterocycles. The van der Waals surface area contributed by atoms with Crippen LogP contribution in [0.2, 0.25) is 0 Å². The molecule has 7 heteroatoms. The van der Waals surface area contributed by atoms with E-state index in [2.05, 4.69) is 9.97 Å². The molecule has 0 aromatic carbocycles. The second-order valence-corrected chi connectivity index (χ2v) is 5.12. The zero-order chi connectivity index (χ0) is 16.6. The Hall–Kier alpha value is -2.80. The maximum atomic E-state index is 13.6. The molecule has 3 heterocycles. The molecule has 0 radical (unpaired) electrons. The Bertz CT molecular complexity index is 889. The van der Waals surface area contributed by atoms with E-state index >= 15 is 0 Å². The molecule has 0 saturated carbocycles. The fourth-order valence-corrected chi connectivity index (χ4v) is 2.51.